The first-order valence-corrected chi connectivity index (χ1v) is 5.93. The third-order valence-corrected chi connectivity index (χ3v) is 3.39. The Morgan fingerprint density at radius 2 is 2.00 bits per heavy atom. The van der Waals surface area contributed by atoms with Gasteiger partial charge in [-0.15, -0.1) is 0 Å². The van der Waals surface area contributed by atoms with Crippen LogP contribution in [0.4, 0.5) is 8.78 Å². The van der Waals surface area contributed by atoms with Crippen molar-refractivity contribution in [2.75, 3.05) is 6.54 Å². The second-order valence-electron chi connectivity index (χ2n) is 4.41. The Balaban J connectivity index is 2.55. The number of carbonyl (C=O) groups excluding carboxylic acids is 1. The smallest absolute Gasteiger partial charge is 0.309 e. The van der Waals surface area contributed by atoms with Crippen molar-refractivity contribution in [1.29, 1.82) is 0 Å². The molecular formula is C13H13F2NO3. The van der Waals surface area contributed by atoms with Crippen LogP contribution < -0.4 is 0 Å². The van der Waals surface area contributed by atoms with E-state index in [1.54, 1.807) is 6.92 Å². The van der Waals surface area contributed by atoms with Crippen molar-refractivity contribution in [2.24, 2.45) is 5.92 Å². The highest BCUT2D eigenvalue weighted by Crippen LogP contribution is 2.40. The number of aliphatic carboxylic acids is 1. The van der Waals surface area contributed by atoms with Crippen molar-refractivity contribution < 1.29 is 23.5 Å². The number of amides is 1. The highest BCUT2D eigenvalue weighted by atomic mass is 19.1. The first-order valence-electron chi connectivity index (χ1n) is 5.93. The number of carbonyl (C=O) groups is 2. The summed E-state index contributed by atoms with van der Waals surface area (Å²) in [4.78, 5) is 24.1. The molecule has 0 radical (unpaired) electrons. The van der Waals surface area contributed by atoms with Crippen molar-refractivity contribution in [2.45, 2.75) is 19.4 Å². The maximum Gasteiger partial charge on any atom is 0.309 e. The van der Waals surface area contributed by atoms with Gasteiger partial charge < -0.3 is 10.0 Å². The third kappa shape index (κ3) is 2.18. The fourth-order valence-electron chi connectivity index (χ4n) is 2.54. The summed E-state index contributed by atoms with van der Waals surface area (Å²) in [5.41, 5.74) is -0.345. The zero-order valence-electron chi connectivity index (χ0n) is 10.3. The summed E-state index contributed by atoms with van der Waals surface area (Å²) in [5.74, 6) is -4.41. The lowest BCUT2D eigenvalue weighted by molar-refractivity contribution is -0.142. The third-order valence-electron chi connectivity index (χ3n) is 3.39. The number of carboxylic acid groups (broad SMARTS) is 1. The maximum absolute atomic E-state index is 13.8. The predicted molar refractivity (Wildman–Crippen MR) is 62.2 cm³/mol. The van der Waals surface area contributed by atoms with Gasteiger partial charge in [0.25, 0.3) is 0 Å². The summed E-state index contributed by atoms with van der Waals surface area (Å²) in [6, 6.07) is 2.25. The second-order valence-corrected chi connectivity index (χ2v) is 4.41. The van der Waals surface area contributed by atoms with Crippen molar-refractivity contribution in [3.05, 3.63) is 35.4 Å². The van der Waals surface area contributed by atoms with E-state index in [0.29, 0.717) is 0 Å². The molecule has 0 spiro atoms. The van der Waals surface area contributed by atoms with E-state index in [1.807, 2.05) is 0 Å². The first-order chi connectivity index (χ1) is 8.97. The van der Waals surface area contributed by atoms with E-state index in [0.717, 1.165) is 12.1 Å². The molecule has 19 heavy (non-hydrogen) atoms. The molecule has 102 valence electrons. The van der Waals surface area contributed by atoms with Crippen LogP contribution >= 0.6 is 0 Å². The number of carboxylic acids is 1. The van der Waals surface area contributed by atoms with E-state index in [2.05, 4.69) is 0 Å². The lowest BCUT2D eigenvalue weighted by atomic mass is 9.93. The van der Waals surface area contributed by atoms with Gasteiger partial charge in [0.1, 0.15) is 11.6 Å². The molecule has 0 aromatic heterocycles. The maximum atomic E-state index is 13.8. The molecule has 2 atom stereocenters. The Labute approximate surface area is 108 Å². The number of halogens is 2. The number of rotatable bonds is 3. The fraction of sp³-hybridized carbons (Fsp3) is 0.385. The number of benzene rings is 1. The predicted octanol–water partition coefficient (Wildman–Crippen LogP) is 1.96. The van der Waals surface area contributed by atoms with Crippen LogP contribution in [0.25, 0.3) is 0 Å². The lowest BCUT2D eigenvalue weighted by Gasteiger charge is -2.26. The van der Waals surface area contributed by atoms with Crippen LogP contribution in [0.3, 0.4) is 0 Å². The highest BCUT2D eigenvalue weighted by Gasteiger charge is 2.46. The molecule has 1 N–H and O–H groups in total. The summed E-state index contributed by atoms with van der Waals surface area (Å²) in [5, 5.41) is 9.13. The van der Waals surface area contributed by atoms with Gasteiger partial charge >= 0.3 is 5.97 Å². The van der Waals surface area contributed by atoms with Crippen LogP contribution in [-0.4, -0.2) is 28.4 Å². The standard InChI is InChI=1S/C13H13F2NO3/c1-2-16-10(17)6-7(13(18)19)12(16)11-8(14)4-3-5-9(11)15/h3-5,7,12H,2,6H2,1H3,(H,18,19). The molecule has 1 saturated heterocycles. The molecule has 1 fully saturated rings. The molecule has 1 heterocycles. The van der Waals surface area contributed by atoms with Crippen LogP contribution in [-0.2, 0) is 9.59 Å². The zero-order valence-corrected chi connectivity index (χ0v) is 10.3. The Kier molecular flexibility index (Phi) is 3.50. The topological polar surface area (TPSA) is 57.6 Å². The highest BCUT2D eigenvalue weighted by molar-refractivity contribution is 5.87. The van der Waals surface area contributed by atoms with Crippen LogP contribution in [0.2, 0.25) is 0 Å². The van der Waals surface area contributed by atoms with Crippen molar-refractivity contribution in [3.63, 3.8) is 0 Å². The van der Waals surface area contributed by atoms with Gasteiger partial charge in [0, 0.05) is 18.5 Å². The van der Waals surface area contributed by atoms with Crippen molar-refractivity contribution in [1.82, 2.24) is 4.90 Å². The van der Waals surface area contributed by atoms with Gasteiger partial charge in [-0.25, -0.2) is 8.78 Å². The van der Waals surface area contributed by atoms with Crippen LogP contribution in [0, 0.1) is 17.6 Å². The normalized spacial score (nSPS) is 22.9. The summed E-state index contributed by atoms with van der Waals surface area (Å²) < 4.78 is 27.6. The van der Waals surface area contributed by atoms with Gasteiger partial charge in [0.15, 0.2) is 0 Å². The molecular weight excluding hydrogens is 256 g/mol. The molecule has 1 amide bonds. The molecule has 4 nitrogen and oxygen atoms in total. The minimum Gasteiger partial charge on any atom is -0.481 e. The van der Waals surface area contributed by atoms with Gasteiger partial charge in [-0.3, -0.25) is 9.59 Å². The first kappa shape index (κ1) is 13.5. The molecule has 6 heteroatoms. The molecule has 0 bridgehead atoms. The number of hydrogen-bond acceptors (Lipinski definition) is 2. The van der Waals surface area contributed by atoms with Crippen molar-refractivity contribution >= 4 is 11.9 Å². The molecule has 1 aliphatic heterocycles. The minimum atomic E-state index is -1.23. The van der Waals surface area contributed by atoms with E-state index in [9.17, 15) is 18.4 Å². The largest absolute Gasteiger partial charge is 0.481 e. The van der Waals surface area contributed by atoms with E-state index >= 15 is 0 Å². The summed E-state index contributed by atoms with van der Waals surface area (Å²) in [6.07, 6.45) is -0.235. The van der Waals surface area contributed by atoms with Gasteiger partial charge in [-0.2, -0.15) is 0 Å². The Morgan fingerprint density at radius 1 is 1.42 bits per heavy atom. The molecule has 2 unspecified atom stereocenters. The summed E-state index contributed by atoms with van der Waals surface area (Å²) >= 11 is 0. The van der Waals surface area contributed by atoms with E-state index in [-0.39, 0.29) is 18.5 Å². The van der Waals surface area contributed by atoms with E-state index in [4.69, 9.17) is 5.11 Å². The molecule has 2 rings (SSSR count). The lowest BCUT2D eigenvalue weighted by Crippen LogP contribution is -2.31. The number of likely N-dealkylation sites (tertiary alicyclic amines) is 1. The Hall–Kier alpha value is -1.98. The number of nitrogens with zero attached hydrogens (tertiary/aromatic N) is 1. The molecule has 1 aliphatic rings. The number of hydrogen-bond donors (Lipinski definition) is 1. The van der Waals surface area contributed by atoms with Crippen LogP contribution in [0.1, 0.15) is 24.9 Å². The molecule has 1 aromatic rings. The van der Waals surface area contributed by atoms with E-state index < -0.39 is 35.5 Å². The molecule has 0 aliphatic carbocycles. The van der Waals surface area contributed by atoms with Crippen LogP contribution in [0.15, 0.2) is 18.2 Å². The quantitative estimate of drug-likeness (QED) is 0.912. The average Bonchev–Trinajstić information content (AvgIpc) is 2.66. The average molecular weight is 269 g/mol. The van der Waals surface area contributed by atoms with Gasteiger partial charge in [0.05, 0.1) is 12.0 Å². The molecule has 0 saturated carbocycles. The summed E-state index contributed by atoms with van der Waals surface area (Å²) in [6.45, 7) is 1.86. The SMILES string of the molecule is CCN1C(=O)CC(C(=O)O)C1c1c(F)cccc1F. The van der Waals surface area contributed by atoms with Gasteiger partial charge in [0.2, 0.25) is 5.91 Å². The van der Waals surface area contributed by atoms with Gasteiger partial charge in [-0.1, -0.05) is 6.07 Å². The molecule has 1 aromatic carbocycles. The zero-order chi connectivity index (χ0) is 14.2. The Bertz CT molecular complexity index is 512. The minimum absolute atomic E-state index is 0.209. The monoisotopic (exact) mass is 269 g/mol. The summed E-state index contributed by atoms with van der Waals surface area (Å²) in [7, 11) is 0. The van der Waals surface area contributed by atoms with Crippen LogP contribution in [0.5, 0.6) is 0 Å². The van der Waals surface area contributed by atoms with E-state index in [1.165, 1.54) is 11.0 Å². The second kappa shape index (κ2) is 4.95. The Morgan fingerprint density at radius 3 is 2.47 bits per heavy atom. The fourth-order valence-corrected chi connectivity index (χ4v) is 2.54. The van der Waals surface area contributed by atoms with Gasteiger partial charge in [-0.05, 0) is 19.1 Å². The van der Waals surface area contributed by atoms with Crippen molar-refractivity contribution in [3.8, 4) is 0 Å².